The summed E-state index contributed by atoms with van der Waals surface area (Å²) in [6.45, 7) is 1.31. The van der Waals surface area contributed by atoms with Crippen LogP contribution in [-0.4, -0.2) is 29.7 Å². The maximum Gasteiger partial charge on any atom is 0.416 e. The van der Waals surface area contributed by atoms with E-state index in [0.717, 1.165) is 36.7 Å². The molecular weight excluding hydrogens is 439 g/mol. The second-order valence-electron chi connectivity index (χ2n) is 6.85. The number of fused-ring (bicyclic) bond motifs is 1. The van der Waals surface area contributed by atoms with Crippen LogP contribution in [-0.2, 0) is 11.0 Å². The van der Waals surface area contributed by atoms with E-state index in [9.17, 15) is 18.0 Å². The molecule has 1 aliphatic rings. The molecule has 2 aromatic carbocycles. The first-order valence-electron chi connectivity index (χ1n) is 9.24. The summed E-state index contributed by atoms with van der Waals surface area (Å²) in [6.07, 6.45) is -2.63. The third-order valence-corrected chi connectivity index (χ3v) is 5.77. The molecule has 0 bridgehead atoms. The average Bonchev–Trinajstić information content (AvgIpc) is 3.35. The molecule has 0 radical (unpaired) electrons. The van der Waals surface area contributed by atoms with Crippen molar-refractivity contribution in [2.75, 3.05) is 29.1 Å². The van der Waals surface area contributed by atoms with Gasteiger partial charge in [0.25, 0.3) is 5.22 Å². The fourth-order valence-corrected chi connectivity index (χ4v) is 4.09. The number of thioether (sulfide) groups is 1. The number of aromatic nitrogens is 1. The van der Waals surface area contributed by atoms with Crippen LogP contribution in [0.25, 0.3) is 11.1 Å². The third-order valence-electron chi connectivity index (χ3n) is 4.70. The monoisotopic (exact) mass is 455 g/mol. The summed E-state index contributed by atoms with van der Waals surface area (Å²) in [5.74, 6) is -0.360. The molecular formula is C20H17ClF3N3O2S. The van der Waals surface area contributed by atoms with Crippen LogP contribution in [0.4, 0.5) is 24.5 Å². The lowest BCUT2D eigenvalue weighted by atomic mass is 10.1. The van der Waals surface area contributed by atoms with Gasteiger partial charge >= 0.3 is 6.18 Å². The predicted octanol–water partition coefficient (Wildman–Crippen LogP) is 5.83. The molecule has 4 rings (SSSR count). The highest BCUT2D eigenvalue weighted by atomic mass is 35.5. The minimum absolute atomic E-state index is 0.00101. The van der Waals surface area contributed by atoms with Crippen LogP contribution >= 0.6 is 23.4 Å². The standard InChI is InChI=1S/C20H17ClF3N3O2S/c21-13-4-6-17-15(10-13)26-19(29-17)30-11-18(28)25-14-5-3-12(20(22,23)24)9-16(14)27-7-1-2-8-27/h3-6,9-10H,1-2,7-8,11H2,(H,25,28). The van der Waals surface area contributed by atoms with Crippen molar-refractivity contribution < 1.29 is 22.4 Å². The number of alkyl halides is 3. The Morgan fingerprint density at radius 2 is 1.97 bits per heavy atom. The summed E-state index contributed by atoms with van der Waals surface area (Å²) in [7, 11) is 0. The molecule has 3 aromatic rings. The van der Waals surface area contributed by atoms with Gasteiger partial charge in [-0.25, -0.2) is 4.98 Å². The molecule has 0 atom stereocenters. The van der Waals surface area contributed by atoms with E-state index < -0.39 is 11.7 Å². The van der Waals surface area contributed by atoms with Crippen LogP contribution in [0, 0.1) is 0 Å². The number of nitrogens with one attached hydrogen (secondary N) is 1. The van der Waals surface area contributed by atoms with Crippen LogP contribution < -0.4 is 10.2 Å². The van der Waals surface area contributed by atoms with Crippen LogP contribution in [0.3, 0.4) is 0 Å². The highest BCUT2D eigenvalue weighted by Gasteiger charge is 2.32. The first-order chi connectivity index (χ1) is 14.3. The Labute approximate surface area is 179 Å². The van der Waals surface area contributed by atoms with Crippen LogP contribution in [0.2, 0.25) is 5.02 Å². The summed E-state index contributed by atoms with van der Waals surface area (Å²) < 4.78 is 45.0. The Hall–Kier alpha value is -2.39. The number of hydrogen-bond donors (Lipinski definition) is 1. The van der Waals surface area contributed by atoms with Gasteiger partial charge in [0.1, 0.15) is 5.52 Å². The molecule has 0 aliphatic carbocycles. The minimum atomic E-state index is -4.44. The zero-order valence-electron chi connectivity index (χ0n) is 15.6. The van der Waals surface area contributed by atoms with Gasteiger partial charge in [0, 0.05) is 18.1 Å². The second-order valence-corrected chi connectivity index (χ2v) is 8.22. The Bertz CT molecular complexity index is 1080. The van der Waals surface area contributed by atoms with Crippen molar-refractivity contribution in [3.8, 4) is 0 Å². The van der Waals surface area contributed by atoms with E-state index in [2.05, 4.69) is 10.3 Å². The fourth-order valence-electron chi connectivity index (χ4n) is 3.29. The molecule has 1 N–H and O–H groups in total. The zero-order chi connectivity index (χ0) is 21.3. The van der Waals surface area contributed by atoms with Gasteiger partial charge in [-0.05, 0) is 49.2 Å². The Kier molecular flexibility index (Phi) is 5.84. The van der Waals surface area contributed by atoms with Gasteiger partial charge in [-0.1, -0.05) is 23.4 Å². The van der Waals surface area contributed by atoms with Crippen LogP contribution in [0.1, 0.15) is 18.4 Å². The molecule has 1 saturated heterocycles. The van der Waals surface area contributed by atoms with Crippen molar-refractivity contribution in [3.63, 3.8) is 0 Å². The van der Waals surface area contributed by atoms with Gasteiger partial charge in [0.15, 0.2) is 5.58 Å². The maximum atomic E-state index is 13.1. The van der Waals surface area contributed by atoms with E-state index in [-0.39, 0.29) is 11.7 Å². The van der Waals surface area contributed by atoms with Crippen molar-refractivity contribution in [1.82, 2.24) is 4.98 Å². The molecule has 0 saturated carbocycles. The molecule has 30 heavy (non-hydrogen) atoms. The molecule has 0 unspecified atom stereocenters. The molecule has 10 heteroatoms. The first-order valence-corrected chi connectivity index (χ1v) is 10.6. The Morgan fingerprint density at radius 1 is 1.20 bits per heavy atom. The molecule has 1 aromatic heterocycles. The lowest BCUT2D eigenvalue weighted by Crippen LogP contribution is -2.22. The number of halogens is 4. The maximum absolute atomic E-state index is 13.1. The number of carbonyl (C=O) groups excluding carboxylic acids is 1. The molecule has 1 aliphatic heterocycles. The number of rotatable bonds is 5. The van der Waals surface area contributed by atoms with Gasteiger partial charge < -0.3 is 14.6 Å². The second kappa shape index (κ2) is 8.39. The SMILES string of the molecule is O=C(CSc1nc2cc(Cl)ccc2o1)Nc1ccc(C(F)(F)F)cc1N1CCCC1. The molecule has 2 heterocycles. The van der Waals surface area contributed by atoms with Gasteiger partial charge in [-0.15, -0.1) is 0 Å². The number of nitrogens with zero attached hydrogens (tertiary/aromatic N) is 2. The molecule has 1 amide bonds. The summed E-state index contributed by atoms with van der Waals surface area (Å²) in [6, 6.07) is 8.42. The van der Waals surface area contributed by atoms with Gasteiger partial charge in [0.2, 0.25) is 5.91 Å². The van der Waals surface area contributed by atoms with E-state index in [1.54, 1.807) is 18.2 Å². The molecule has 0 spiro atoms. The van der Waals surface area contributed by atoms with Crippen molar-refractivity contribution in [1.29, 1.82) is 0 Å². The quantitative estimate of drug-likeness (QED) is 0.490. The normalized spacial score (nSPS) is 14.5. The number of anilines is 2. The van der Waals surface area contributed by atoms with Gasteiger partial charge in [0.05, 0.1) is 22.7 Å². The van der Waals surface area contributed by atoms with E-state index >= 15 is 0 Å². The van der Waals surface area contributed by atoms with Crippen LogP contribution in [0.5, 0.6) is 0 Å². The van der Waals surface area contributed by atoms with Crippen LogP contribution in [0.15, 0.2) is 46.0 Å². The number of amides is 1. The van der Waals surface area contributed by atoms with Crippen molar-refractivity contribution in [2.24, 2.45) is 0 Å². The van der Waals surface area contributed by atoms with Gasteiger partial charge in [-0.2, -0.15) is 13.2 Å². The lowest BCUT2D eigenvalue weighted by molar-refractivity contribution is -0.137. The first kappa shape index (κ1) is 20.9. The molecule has 1 fully saturated rings. The van der Waals surface area contributed by atoms with E-state index in [0.29, 0.717) is 45.8 Å². The topological polar surface area (TPSA) is 58.4 Å². The Morgan fingerprint density at radius 3 is 2.70 bits per heavy atom. The number of carbonyl (C=O) groups is 1. The zero-order valence-corrected chi connectivity index (χ0v) is 17.2. The Balaban J connectivity index is 1.47. The predicted molar refractivity (Wildman–Crippen MR) is 111 cm³/mol. The summed E-state index contributed by atoms with van der Waals surface area (Å²) in [5, 5.41) is 3.56. The number of benzene rings is 2. The molecule has 158 valence electrons. The summed E-state index contributed by atoms with van der Waals surface area (Å²) >= 11 is 7.03. The van der Waals surface area contributed by atoms with E-state index in [1.807, 2.05) is 4.90 Å². The third kappa shape index (κ3) is 4.67. The highest BCUT2D eigenvalue weighted by molar-refractivity contribution is 7.99. The van der Waals surface area contributed by atoms with E-state index in [1.165, 1.54) is 6.07 Å². The van der Waals surface area contributed by atoms with Crippen molar-refractivity contribution in [3.05, 3.63) is 47.0 Å². The van der Waals surface area contributed by atoms with E-state index in [4.69, 9.17) is 16.0 Å². The van der Waals surface area contributed by atoms with Crippen molar-refractivity contribution in [2.45, 2.75) is 24.2 Å². The van der Waals surface area contributed by atoms with Crippen molar-refractivity contribution >= 4 is 51.7 Å². The smallest absolute Gasteiger partial charge is 0.416 e. The minimum Gasteiger partial charge on any atom is -0.431 e. The fraction of sp³-hybridized carbons (Fsp3) is 0.300. The number of hydrogen-bond acceptors (Lipinski definition) is 5. The summed E-state index contributed by atoms with van der Waals surface area (Å²) in [5.41, 5.74) is 1.16. The average molecular weight is 456 g/mol. The lowest BCUT2D eigenvalue weighted by Gasteiger charge is -2.23. The summed E-state index contributed by atoms with van der Waals surface area (Å²) in [4.78, 5) is 18.6. The number of oxazole rings is 1. The largest absolute Gasteiger partial charge is 0.431 e. The van der Waals surface area contributed by atoms with Gasteiger partial charge in [-0.3, -0.25) is 4.79 Å². The highest BCUT2D eigenvalue weighted by Crippen LogP contribution is 2.37. The molecule has 5 nitrogen and oxygen atoms in total.